The number of rotatable bonds is 2. The first kappa shape index (κ1) is 12.7. The summed E-state index contributed by atoms with van der Waals surface area (Å²) in [6, 6.07) is 4.71. The van der Waals surface area contributed by atoms with E-state index in [1.807, 2.05) is 0 Å². The monoisotopic (exact) mass is 260 g/mol. The zero-order chi connectivity index (χ0) is 13.2. The number of hydrogen-bond acceptors (Lipinski definition) is 3. The summed E-state index contributed by atoms with van der Waals surface area (Å²) in [6.07, 6.45) is -4.71. The largest absolute Gasteiger partial charge is 0.573 e. The van der Waals surface area contributed by atoms with Crippen LogP contribution in [0.2, 0.25) is 0 Å². The molecule has 1 atom stereocenters. The van der Waals surface area contributed by atoms with Crippen LogP contribution in [0.3, 0.4) is 0 Å². The van der Waals surface area contributed by atoms with Crippen LogP contribution in [0, 0.1) is 0 Å². The van der Waals surface area contributed by atoms with Gasteiger partial charge in [-0.1, -0.05) is 12.1 Å². The van der Waals surface area contributed by atoms with Crippen molar-refractivity contribution in [3.05, 3.63) is 29.8 Å². The molecule has 0 radical (unpaired) electrons. The van der Waals surface area contributed by atoms with Crippen molar-refractivity contribution in [1.29, 1.82) is 0 Å². The maximum absolute atomic E-state index is 12.0. The predicted octanol–water partition coefficient (Wildman–Crippen LogP) is 1.35. The Balaban J connectivity index is 2.09. The van der Waals surface area contributed by atoms with Crippen molar-refractivity contribution in [3.63, 3.8) is 0 Å². The van der Waals surface area contributed by atoms with Gasteiger partial charge < -0.3 is 15.4 Å². The van der Waals surface area contributed by atoms with Gasteiger partial charge in [-0.2, -0.15) is 0 Å². The van der Waals surface area contributed by atoms with Crippen LogP contribution in [0.4, 0.5) is 13.2 Å². The lowest BCUT2D eigenvalue weighted by molar-refractivity contribution is -0.274. The van der Waals surface area contributed by atoms with Gasteiger partial charge in [-0.05, 0) is 17.7 Å². The number of carbonyl (C=O) groups is 1. The van der Waals surface area contributed by atoms with E-state index in [1.54, 1.807) is 0 Å². The molecule has 1 aromatic carbocycles. The van der Waals surface area contributed by atoms with Gasteiger partial charge in [0.15, 0.2) is 0 Å². The molecule has 0 aromatic heterocycles. The summed E-state index contributed by atoms with van der Waals surface area (Å²) in [7, 11) is 0. The third kappa shape index (κ3) is 3.13. The van der Waals surface area contributed by atoms with Gasteiger partial charge in [-0.3, -0.25) is 4.79 Å². The highest BCUT2D eigenvalue weighted by molar-refractivity contribution is 5.83. The Morgan fingerprint density at radius 1 is 1.17 bits per heavy atom. The quantitative estimate of drug-likeness (QED) is 0.843. The molecule has 1 aliphatic heterocycles. The first-order chi connectivity index (χ1) is 8.46. The number of piperazine rings is 1. The number of ether oxygens (including phenoxy) is 1. The molecule has 1 aromatic rings. The molecule has 18 heavy (non-hydrogen) atoms. The Kier molecular flexibility index (Phi) is 3.42. The number of nitrogens with one attached hydrogen (secondary N) is 2. The Morgan fingerprint density at radius 2 is 1.83 bits per heavy atom. The third-order valence-corrected chi connectivity index (χ3v) is 2.48. The third-order valence-electron chi connectivity index (χ3n) is 2.48. The van der Waals surface area contributed by atoms with Gasteiger partial charge in [0.25, 0.3) is 0 Å². The van der Waals surface area contributed by atoms with E-state index in [4.69, 9.17) is 0 Å². The van der Waals surface area contributed by atoms with Gasteiger partial charge in [0.2, 0.25) is 5.91 Å². The van der Waals surface area contributed by atoms with E-state index in [-0.39, 0.29) is 11.7 Å². The Labute approximate surface area is 101 Å². The van der Waals surface area contributed by atoms with E-state index in [2.05, 4.69) is 15.4 Å². The molecule has 1 fully saturated rings. The number of halogens is 3. The second-order valence-corrected chi connectivity index (χ2v) is 3.80. The number of benzene rings is 1. The highest BCUT2D eigenvalue weighted by Crippen LogP contribution is 2.24. The fraction of sp³-hybridized carbons (Fsp3) is 0.364. The number of amides is 1. The summed E-state index contributed by atoms with van der Waals surface area (Å²) < 4.78 is 39.6. The molecule has 0 saturated carbocycles. The fourth-order valence-corrected chi connectivity index (χ4v) is 1.73. The molecule has 98 valence electrons. The minimum Gasteiger partial charge on any atom is -0.406 e. The highest BCUT2D eigenvalue weighted by Gasteiger charge is 2.31. The Bertz CT molecular complexity index is 431. The summed E-state index contributed by atoms with van der Waals surface area (Å²) in [6.45, 7) is 1.17. The first-order valence-corrected chi connectivity index (χ1v) is 5.32. The van der Waals surface area contributed by atoms with Crippen molar-refractivity contribution in [3.8, 4) is 5.75 Å². The minimum absolute atomic E-state index is 0.189. The van der Waals surface area contributed by atoms with E-state index in [0.29, 0.717) is 18.7 Å². The van der Waals surface area contributed by atoms with Crippen LogP contribution in [0.5, 0.6) is 5.75 Å². The molecular weight excluding hydrogens is 249 g/mol. The maximum Gasteiger partial charge on any atom is 0.573 e. The zero-order valence-electron chi connectivity index (χ0n) is 9.25. The lowest BCUT2D eigenvalue weighted by Crippen LogP contribution is -2.47. The number of hydrogen-bond donors (Lipinski definition) is 2. The van der Waals surface area contributed by atoms with E-state index < -0.39 is 12.4 Å². The molecule has 0 aliphatic carbocycles. The summed E-state index contributed by atoms with van der Waals surface area (Å²) in [5, 5.41) is 5.65. The number of carbonyl (C=O) groups excluding carboxylic acids is 1. The van der Waals surface area contributed by atoms with Crippen molar-refractivity contribution in [1.82, 2.24) is 10.6 Å². The molecule has 4 nitrogen and oxygen atoms in total. The van der Waals surface area contributed by atoms with Crippen molar-refractivity contribution < 1.29 is 22.7 Å². The molecule has 2 N–H and O–H groups in total. The van der Waals surface area contributed by atoms with Crippen LogP contribution >= 0.6 is 0 Å². The predicted molar refractivity (Wildman–Crippen MR) is 56.9 cm³/mol. The summed E-state index contributed by atoms with van der Waals surface area (Å²) in [4.78, 5) is 11.5. The molecule has 0 bridgehead atoms. The smallest absolute Gasteiger partial charge is 0.406 e. The lowest BCUT2D eigenvalue weighted by atomic mass is 10.0. The Hall–Kier alpha value is -1.76. The number of alkyl halides is 3. The van der Waals surface area contributed by atoms with Crippen LogP contribution in [0.25, 0.3) is 0 Å². The molecule has 0 unspecified atom stereocenters. The van der Waals surface area contributed by atoms with E-state index in [0.717, 1.165) is 0 Å². The van der Waals surface area contributed by atoms with Crippen LogP contribution in [0.15, 0.2) is 24.3 Å². The minimum atomic E-state index is -4.71. The van der Waals surface area contributed by atoms with Gasteiger partial charge in [-0.25, -0.2) is 0 Å². The van der Waals surface area contributed by atoms with Crippen LogP contribution in [-0.2, 0) is 4.79 Å². The molecule has 1 amide bonds. The topological polar surface area (TPSA) is 50.4 Å². The van der Waals surface area contributed by atoms with E-state index in [1.165, 1.54) is 24.3 Å². The summed E-state index contributed by atoms with van der Waals surface area (Å²) >= 11 is 0. The molecular formula is C11H11F3N2O2. The van der Waals surface area contributed by atoms with Crippen LogP contribution in [0.1, 0.15) is 11.6 Å². The molecule has 1 heterocycles. The standard InChI is InChI=1S/C11H11F3N2O2/c12-11(13,14)18-8-3-1-7(2-4-8)9-10(17)16-6-5-15-9/h1-4,9,15H,5-6H2,(H,16,17)/t9-/m0/s1. The second kappa shape index (κ2) is 4.85. The van der Waals surface area contributed by atoms with Gasteiger partial charge in [0.05, 0.1) is 0 Å². The van der Waals surface area contributed by atoms with Crippen LogP contribution in [-0.4, -0.2) is 25.4 Å². The van der Waals surface area contributed by atoms with Gasteiger partial charge >= 0.3 is 6.36 Å². The van der Waals surface area contributed by atoms with Crippen molar-refractivity contribution in [2.75, 3.05) is 13.1 Å². The van der Waals surface area contributed by atoms with Crippen molar-refractivity contribution in [2.24, 2.45) is 0 Å². The normalized spacial score (nSPS) is 20.4. The first-order valence-electron chi connectivity index (χ1n) is 5.32. The average Bonchev–Trinajstić information content (AvgIpc) is 2.29. The summed E-state index contributed by atoms with van der Waals surface area (Å²) in [5.74, 6) is -0.492. The van der Waals surface area contributed by atoms with Gasteiger partial charge in [-0.15, -0.1) is 13.2 Å². The molecule has 0 spiro atoms. The zero-order valence-corrected chi connectivity index (χ0v) is 9.25. The molecule has 7 heteroatoms. The van der Waals surface area contributed by atoms with Crippen molar-refractivity contribution >= 4 is 5.91 Å². The highest BCUT2D eigenvalue weighted by atomic mass is 19.4. The molecule has 2 rings (SSSR count). The van der Waals surface area contributed by atoms with Crippen LogP contribution < -0.4 is 15.4 Å². The van der Waals surface area contributed by atoms with E-state index in [9.17, 15) is 18.0 Å². The average molecular weight is 260 g/mol. The van der Waals surface area contributed by atoms with Crippen molar-refractivity contribution in [2.45, 2.75) is 12.4 Å². The fourth-order valence-electron chi connectivity index (χ4n) is 1.73. The summed E-state index contributed by atoms with van der Waals surface area (Å²) in [5.41, 5.74) is 0.599. The molecule has 1 aliphatic rings. The second-order valence-electron chi connectivity index (χ2n) is 3.80. The SMILES string of the molecule is O=C1NCCN[C@H]1c1ccc(OC(F)(F)F)cc1. The van der Waals surface area contributed by atoms with E-state index >= 15 is 0 Å². The molecule has 1 saturated heterocycles. The van der Waals surface area contributed by atoms with Gasteiger partial charge in [0.1, 0.15) is 11.8 Å². The maximum atomic E-state index is 12.0. The lowest BCUT2D eigenvalue weighted by Gasteiger charge is -2.23. The van der Waals surface area contributed by atoms with Gasteiger partial charge in [0, 0.05) is 13.1 Å². The Morgan fingerprint density at radius 3 is 2.39 bits per heavy atom.